The topological polar surface area (TPSA) is 75.4 Å². The van der Waals surface area contributed by atoms with E-state index in [1.807, 2.05) is 12.1 Å². The maximum absolute atomic E-state index is 12.2. The van der Waals surface area contributed by atoms with E-state index in [1.54, 1.807) is 0 Å². The maximum Gasteiger partial charge on any atom is 0.233 e. The quantitative estimate of drug-likeness (QED) is 0.604. The van der Waals surface area contributed by atoms with E-state index in [-0.39, 0.29) is 11.8 Å². The fourth-order valence-corrected chi connectivity index (χ4v) is 4.44. The molecule has 3 atom stereocenters. The highest BCUT2D eigenvalue weighted by molar-refractivity contribution is 6.06. The number of nitrogens with zero attached hydrogens (tertiary/aromatic N) is 1. The van der Waals surface area contributed by atoms with Crippen molar-refractivity contribution in [2.75, 3.05) is 10.6 Å². The van der Waals surface area contributed by atoms with E-state index in [9.17, 15) is 9.59 Å². The molecule has 1 unspecified atom stereocenters. The fourth-order valence-electron chi connectivity index (χ4n) is 4.44. The molecule has 2 bridgehead atoms. The van der Waals surface area contributed by atoms with Crippen LogP contribution in [0.4, 0.5) is 11.4 Å². The Kier molecular flexibility index (Phi) is 2.55. The van der Waals surface area contributed by atoms with Gasteiger partial charge in [-0.15, -0.1) is 0 Å². The molecule has 3 aliphatic rings. The molecular weight excluding hydrogens is 266 g/mol. The largest absolute Gasteiger partial charge is 0.399 e. The second kappa shape index (κ2) is 4.23. The molecule has 5 nitrogen and oxygen atoms in total. The number of benzene rings is 1. The number of nitrogens with one attached hydrogen (secondary N) is 1. The van der Waals surface area contributed by atoms with Gasteiger partial charge in [-0.05, 0) is 49.9 Å². The molecule has 3 heterocycles. The zero-order chi connectivity index (χ0) is 14.6. The molecule has 0 aliphatic carbocycles. The molecule has 3 saturated heterocycles. The monoisotopic (exact) mass is 285 g/mol. The second-order valence-corrected chi connectivity index (χ2v) is 6.63. The van der Waals surface area contributed by atoms with Gasteiger partial charge in [0.25, 0.3) is 0 Å². The summed E-state index contributed by atoms with van der Waals surface area (Å²) in [5.74, 6) is -0.165. The van der Waals surface area contributed by atoms with Crippen LogP contribution in [0.1, 0.15) is 32.1 Å². The average molecular weight is 285 g/mol. The van der Waals surface area contributed by atoms with E-state index in [0.29, 0.717) is 18.5 Å². The molecule has 4 rings (SSSR count). The Hall–Kier alpha value is -2.04. The summed E-state index contributed by atoms with van der Waals surface area (Å²) in [6, 6.07) is 8.65. The van der Waals surface area contributed by atoms with Crippen LogP contribution in [-0.2, 0) is 9.59 Å². The van der Waals surface area contributed by atoms with Gasteiger partial charge in [0.05, 0.1) is 5.41 Å². The zero-order valence-electron chi connectivity index (χ0n) is 11.8. The summed E-state index contributed by atoms with van der Waals surface area (Å²) in [5.41, 5.74) is 7.25. The van der Waals surface area contributed by atoms with Gasteiger partial charge in [-0.1, -0.05) is 0 Å². The molecule has 2 amide bonds. The Morgan fingerprint density at radius 2 is 1.71 bits per heavy atom. The molecule has 3 fully saturated rings. The number of hydrogen-bond acceptors (Lipinski definition) is 4. The minimum absolute atomic E-state index is 0.0543. The predicted octanol–water partition coefficient (Wildman–Crippen LogP) is 1.43. The molecule has 0 aromatic heterocycles. The van der Waals surface area contributed by atoms with E-state index in [2.05, 4.69) is 22.3 Å². The third kappa shape index (κ3) is 1.83. The molecule has 1 aromatic rings. The van der Waals surface area contributed by atoms with Crippen molar-refractivity contribution in [3.05, 3.63) is 24.3 Å². The van der Waals surface area contributed by atoms with E-state index < -0.39 is 5.41 Å². The lowest BCUT2D eigenvalue weighted by Crippen LogP contribution is -2.50. The smallest absolute Gasteiger partial charge is 0.233 e. The van der Waals surface area contributed by atoms with E-state index >= 15 is 0 Å². The van der Waals surface area contributed by atoms with Crippen LogP contribution in [0.25, 0.3) is 0 Å². The summed E-state index contributed by atoms with van der Waals surface area (Å²) < 4.78 is 0. The number of carbonyl (C=O) groups excluding carboxylic acids is 2. The molecule has 21 heavy (non-hydrogen) atoms. The molecule has 0 saturated carbocycles. The molecule has 110 valence electrons. The van der Waals surface area contributed by atoms with Crippen molar-refractivity contribution < 1.29 is 9.59 Å². The molecule has 3 aliphatic heterocycles. The van der Waals surface area contributed by atoms with Crippen LogP contribution in [0.3, 0.4) is 0 Å². The molecule has 0 radical (unpaired) electrons. The average Bonchev–Trinajstić information content (AvgIpc) is 2.86. The number of carbonyl (C=O) groups is 2. The lowest BCUT2D eigenvalue weighted by molar-refractivity contribution is -0.129. The van der Waals surface area contributed by atoms with Crippen molar-refractivity contribution in [3.63, 3.8) is 0 Å². The number of anilines is 2. The summed E-state index contributed by atoms with van der Waals surface area (Å²) in [4.78, 5) is 26.2. The third-order valence-electron chi connectivity index (χ3n) is 5.30. The standard InChI is InChI=1S/C16H19N3O2/c17-10-1-3-11(4-2-10)19-12-5-6-13(19)8-16(7-12)9-14(20)18-15(16)21/h1-4,12-13H,5-9,17H2,(H,18,20,21)/t12-,13+,16?. The summed E-state index contributed by atoms with van der Waals surface area (Å²) >= 11 is 0. The number of imide groups is 1. The summed E-state index contributed by atoms with van der Waals surface area (Å²) in [6.07, 6.45) is 4.13. The van der Waals surface area contributed by atoms with Gasteiger partial charge in [0.15, 0.2) is 0 Å². The van der Waals surface area contributed by atoms with Gasteiger partial charge in [-0.2, -0.15) is 0 Å². The highest BCUT2D eigenvalue weighted by Gasteiger charge is 2.55. The first-order valence-corrected chi connectivity index (χ1v) is 7.56. The summed E-state index contributed by atoms with van der Waals surface area (Å²) in [6.45, 7) is 0. The van der Waals surface area contributed by atoms with Crippen molar-refractivity contribution in [2.45, 2.75) is 44.2 Å². The number of nitrogens with two attached hydrogens (primary N) is 1. The number of rotatable bonds is 1. The van der Waals surface area contributed by atoms with Crippen LogP contribution in [0, 0.1) is 5.41 Å². The number of fused-ring (bicyclic) bond motifs is 2. The van der Waals surface area contributed by atoms with Crippen LogP contribution in [-0.4, -0.2) is 23.9 Å². The van der Waals surface area contributed by atoms with Gasteiger partial charge in [-0.25, -0.2) is 0 Å². The van der Waals surface area contributed by atoms with Crippen LogP contribution >= 0.6 is 0 Å². The van der Waals surface area contributed by atoms with Gasteiger partial charge >= 0.3 is 0 Å². The number of nitrogen functional groups attached to an aromatic ring is 1. The highest BCUT2D eigenvalue weighted by Crippen LogP contribution is 2.50. The minimum atomic E-state index is -0.451. The number of amides is 2. The fraction of sp³-hybridized carbons (Fsp3) is 0.500. The summed E-state index contributed by atoms with van der Waals surface area (Å²) in [7, 11) is 0. The lowest BCUT2D eigenvalue weighted by atomic mass is 9.73. The highest BCUT2D eigenvalue weighted by atomic mass is 16.2. The Balaban J connectivity index is 1.64. The molecule has 1 spiro atoms. The van der Waals surface area contributed by atoms with Gasteiger partial charge in [0.2, 0.25) is 11.8 Å². The van der Waals surface area contributed by atoms with Gasteiger partial charge in [0.1, 0.15) is 0 Å². The van der Waals surface area contributed by atoms with Crippen molar-refractivity contribution in [2.24, 2.45) is 5.41 Å². The molecule has 1 aromatic carbocycles. The SMILES string of the molecule is Nc1ccc(N2[C@@H]3CC[C@H]2CC2(CC(=O)NC2=O)C3)cc1. The molecule has 3 N–H and O–H groups in total. The third-order valence-corrected chi connectivity index (χ3v) is 5.30. The Labute approximate surface area is 123 Å². The Morgan fingerprint density at radius 3 is 2.24 bits per heavy atom. The predicted molar refractivity (Wildman–Crippen MR) is 79.6 cm³/mol. The van der Waals surface area contributed by atoms with Crippen LogP contribution in [0.5, 0.6) is 0 Å². The Bertz CT molecular complexity index is 596. The van der Waals surface area contributed by atoms with Crippen LogP contribution in [0.2, 0.25) is 0 Å². The van der Waals surface area contributed by atoms with Gasteiger partial charge in [0, 0.05) is 29.9 Å². The Morgan fingerprint density at radius 1 is 1.10 bits per heavy atom. The number of hydrogen-bond donors (Lipinski definition) is 2. The first kappa shape index (κ1) is 12.7. The van der Waals surface area contributed by atoms with Crippen molar-refractivity contribution in [1.29, 1.82) is 0 Å². The van der Waals surface area contributed by atoms with E-state index in [4.69, 9.17) is 5.73 Å². The van der Waals surface area contributed by atoms with Crippen molar-refractivity contribution in [3.8, 4) is 0 Å². The second-order valence-electron chi connectivity index (χ2n) is 6.63. The lowest BCUT2D eigenvalue weighted by Gasteiger charge is -2.44. The van der Waals surface area contributed by atoms with Crippen LogP contribution in [0.15, 0.2) is 24.3 Å². The van der Waals surface area contributed by atoms with Gasteiger partial charge < -0.3 is 10.6 Å². The van der Waals surface area contributed by atoms with E-state index in [1.165, 1.54) is 5.69 Å². The van der Waals surface area contributed by atoms with Crippen molar-refractivity contribution >= 4 is 23.2 Å². The first-order valence-electron chi connectivity index (χ1n) is 7.56. The summed E-state index contributed by atoms with van der Waals surface area (Å²) in [5, 5.41) is 2.50. The maximum atomic E-state index is 12.2. The van der Waals surface area contributed by atoms with E-state index in [0.717, 1.165) is 31.4 Å². The normalized spacial score (nSPS) is 34.6. The number of piperidine rings is 1. The van der Waals surface area contributed by atoms with Crippen LogP contribution < -0.4 is 16.0 Å². The van der Waals surface area contributed by atoms with Crippen molar-refractivity contribution in [1.82, 2.24) is 5.32 Å². The zero-order valence-corrected chi connectivity index (χ0v) is 11.8. The first-order chi connectivity index (χ1) is 10.1. The minimum Gasteiger partial charge on any atom is -0.399 e. The van der Waals surface area contributed by atoms with Gasteiger partial charge in [-0.3, -0.25) is 14.9 Å². The molecule has 5 heteroatoms. The molecular formula is C16H19N3O2.